The number of carbonyl (C=O) groups excluding carboxylic acids is 4. The normalized spacial score (nSPS) is 27.3. The van der Waals surface area contributed by atoms with Crippen LogP contribution in [0.2, 0.25) is 10.0 Å². The molecular weight excluding hydrogens is 704 g/mol. The molecule has 11 nitrogen and oxygen atoms in total. The lowest BCUT2D eigenvalue weighted by molar-refractivity contribution is -0.139. The number of benzene rings is 2. The molecule has 2 aliphatic heterocycles. The molecular formula is C34H27Cl2F3N4O7. The highest BCUT2D eigenvalue weighted by atomic mass is 35.5. The van der Waals surface area contributed by atoms with Crippen LogP contribution in [0.5, 0.6) is 17.2 Å². The predicted octanol–water partition coefficient (Wildman–Crippen LogP) is 5.40. The summed E-state index contributed by atoms with van der Waals surface area (Å²) in [5, 5.41) is 14.5. The number of rotatable bonds is 6. The third-order valence-corrected chi connectivity index (χ3v) is 10.8. The topological polar surface area (TPSA) is 147 Å². The SMILES string of the molecule is COc1cc(O)c(C2C3=CCC4C(=O)NC(=O)C4C3CC3C(=O)N(Nc4ncc(C(F)(F)F)cc4Cl)C(=O)C32c2ccc(Cl)cc2)c(OC)c1. The van der Waals surface area contributed by atoms with Crippen LogP contribution < -0.4 is 20.2 Å². The van der Waals surface area contributed by atoms with Crippen molar-refractivity contribution in [3.05, 3.63) is 87.0 Å². The number of imide groups is 2. The van der Waals surface area contributed by atoms with Crippen LogP contribution in [0.4, 0.5) is 19.0 Å². The molecule has 4 aliphatic rings. The summed E-state index contributed by atoms with van der Waals surface area (Å²) in [6.07, 6.45) is -2.42. The Balaban J connectivity index is 1.48. The van der Waals surface area contributed by atoms with E-state index in [1.807, 2.05) is 0 Å². The molecule has 3 aromatic rings. The molecule has 3 N–H and O–H groups in total. The van der Waals surface area contributed by atoms with Crippen LogP contribution in [-0.2, 0) is 30.8 Å². The highest BCUT2D eigenvalue weighted by Gasteiger charge is 2.70. The number of anilines is 1. The summed E-state index contributed by atoms with van der Waals surface area (Å²) < 4.78 is 51.3. The second-order valence-electron chi connectivity index (χ2n) is 12.5. The van der Waals surface area contributed by atoms with E-state index in [0.717, 1.165) is 0 Å². The number of pyridine rings is 1. The Kier molecular flexibility index (Phi) is 8.02. The van der Waals surface area contributed by atoms with Crippen molar-refractivity contribution in [2.45, 2.75) is 30.4 Å². The number of hydrazine groups is 1. The molecule has 6 unspecified atom stereocenters. The van der Waals surface area contributed by atoms with Crippen molar-refractivity contribution < 1.29 is 46.9 Å². The quantitative estimate of drug-likeness (QED) is 0.224. The fourth-order valence-electron chi connectivity index (χ4n) is 8.17. The van der Waals surface area contributed by atoms with E-state index in [9.17, 15) is 32.7 Å². The molecule has 16 heteroatoms. The number of phenols is 1. The summed E-state index contributed by atoms with van der Waals surface area (Å²) in [6.45, 7) is 0. The number of nitrogens with one attached hydrogen (secondary N) is 2. The number of phenolic OH excluding ortho intramolecular Hbond substituents is 1. The van der Waals surface area contributed by atoms with Gasteiger partial charge in [0.1, 0.15) is 17.2 Å². The fourth-order valence-corrected chi connectivity index (χ4v) is 8.51. The van der Waals surface area contributed by atoms with Crippen molar-refractivity contribution in [2.75, 3.05) is 19.6 Å². The van der Waals surface area contributed by atoms with E-state index in [1.165, 1.54) is 38.5 Å². The Bertz CT molecular complexity index is 2010. The maximum atomic E-state index is 15.2. The molecule has 1 aromatic heterocycles. The number of hydrogen-bond donors (Lipinski definition) is 3. The molecule has 2 saturated heterocycles. The Morgan fingerprint density at radius 3 is 2.38 bits per heavy atom. The van der Waals surface area contributed by atoms with Crippen LogP contribution >= 0.6 is 23.2 Å². The van der Waals surface area contributed by atoms with Gasteiger partial charge in [0.2, 0.25) is 11.8 Å². The zero-order chi connectivity index (χ0) is 35.9. The molecule has 7 rings (SSSR count). The van der Waals surface area contributed by atoms with Gasteiger partial charge in [0.05, 0.1) is 48.0 Å². The minimum atomic E-state index is -4.76. The summed E-state index contributed by atoms with van der Waals surface area (Å²) >= 11 is 12.5. The third-order valence-electron chi connectivity index (χ3n) is 10.2. The van der Waals surface area contributed by atoms with Crippen LogP contribution in [0.15, 0.2) is 60.3 Å². The van der Waals surface area contributed by atoms with Crippen molar-refractivity contribution in [3.63, 3.8) is 0 Å². The maximum absolute atomic E-state index is 15.2. The molecule has 50 heavy (non-hydrogen) atoms. The second kappa shape index (κ2) is 11.9. The molecule has 0 bridgehead atoms. The van der Waals surface area contributed by atoms with Crippen molar-refractivity contribution in [2.24, 2.45) is 23.7 Å². The van der Waals surface area contributed by atoms with Crippen molar-refractivity contribution in [3.8, 4) is 17.2 Å². The van der Waals surface area contributed by atoms with Gasteiger partial charge >= 0.3 is 6.18 Å². The number of alkyl halides is 3. The predicted molar refractivity (Wildman–Crippen MR) is 171 cm³/mol. The van der Waals surface area contributed by atoms with Gasteiger partial charge in [0.15, 0.2) is 5.82 Å². The standard InChI is InChI=1S/C34H27Cl2F3N4O7/c1-49-17-10-23(44)26(24(11-17)50-2)27-18-7-8-19-25(30(46)41-29(19)45)20(18)12-21-31(47)43(32(48)33(21,27)14-3-5-16(35)6-4-14)42-28-22(36)9-15(13-40-28)34(37,38)39/h3-7,9-11,13,19-21,25,27,44H,8,12H2,1-2H3,(H,40,42)(H,41,45,46). The zero-order valence-electron chi connectivity index (χ0n) is 26.2. The average Bonchev–Trinajstić information content (AvgIpc) is 3.49. The number of aromatic hydroxyl groups is 1. The highest BCUT2D eigenvalue weighted by Crippen LogP contribution is 2.65. The van der Waals surface area contributed by atoms with Crippen molar-refractivity contribution in [1.82, 2.24) is 15.3 Å². The Labute approximate surface area is 292 Å². The maximum Gasteiger partial charge on any atom is 0.417 e. The van der Waals surface area contributed by atoms with Crippen LogP contribution in [0.1, 0.15) is 35.4 Å². The van der Waals surface area contributed by atoms with Crippen LogP contribution in [-0.4, -0.2) is 52.9 Å². The first-order valence-corrected chi connectivity index (χ1v) is 16.1. The van der Waals surface area contributed by atoms with Crippen LogP contribution in [0.3, 0.4) is 0 Å². The molecule has 0 spiro atoms. The first kappa shape index (κ1) is 33.7. The van der Waals surface area contributed by atoms with Gasteiger partial charge in [0, 0.05) is 34.8 Å². The smallest absolute Gasteiger partial charge is 0.417 e. The molecule has 1 saturated carbocycles. The Morgan fingerprint density at radius 2 is 1.74 bits per heavy atom. The van der Waals surface area contributed by atoms with E-state index < -0.39 is 81.2 Å². The zero-order valence-corrected chi connectivity index (χ0v) is 27.7. The number of carbonyl (C=O) groups is 4. The van der Waals surface area contributed by atoms with Crippen LogP contribution in [0.25, 0.3) is 0 Å². The summed E-state index contributed by atoms with van der Waals surface area (Å²) in [7, 11) is 2.74. The number of aromatic nitrogens is 1. The van der Waals surface area contributed by atoms with Gasteiger partial charge in [-0.25, -0.2) is 4.98 Å². The lowest BCUT2D eigenvalue weighted by atomic mass is 9.49. The molecule has 2 aliphatic carbocycles. The first-order chi connectivity index (χ1) is 23.7. The number of allylic oxidation sites excluding steroid dienone is 2. The molecule has 3 heterocycles. The van der Waals surface area contributed by atoms with E-state index >= 15 is 4.79 Å². The van der Waals surface area contributed by atoms with Gasteiger partial charge < -0.3 is 14.6 Å². The number of ether oxygens (including phenoxy) is 2. The fraction of sp³-hybridized carbons (Fsp3) is 0.324. The number of amides is 4. The lowest BCUT2D eigenvalue weighted by Crippen LogP contribution is -2.53. The number of halogens is 5. The Hall–Kier alpha value is -4.82. The minimum absolute atomic E-state index is 0.0804. The van der Waals surface area contributed by atoms with E-state index in [2.05, 4.69) is 15.7 Å². The lowest BCUT2D eigenvalue weighted by Gasteiger charge is -2.50. The molecule has 3 fully saturated rings. The van der Waals surface area contributed by atoms with E-state index in [1.54, 1.807) is 18.2 Å². The number of hydrogen-bond acceptors (Lipinski definition) is 9. The molecule has 6 atom stereocenters. The molecule has 2 aromatic carbocycles. The minimum Gasteiger partial charge on any atom is -0.507 e. The van der Waals surface area contributed by atoms with Gasteiger partial charge in [-0.05, 0) is 42.5 Å². The monoisotopic (exact) mass is 730 g/mol. The van der Waals surface area contributed by atoms with Gasteiger partial charge in [-0.15, -0.1) is 0 Å². The van der Waals surface area contributed by atoms with Gasteiger partial charge in [-0.1, -0.05) is 47.0 Å². The third kappa shape index (κ3) is 4.90. The average molecular weight is 732 g/mol. The van der Waals surface area contributed by atoms with Gasteiger partial charge in [0.25, 0.3) is 11.8 Å². The second-order valence-corrected chi connectivity index (χ2v) is 13.4. The molecule has 0 radical (unpaired) electrons. The van der Waals surface area contributed by atoms with Gasteiger partial charge in [-0.2, -0.15) is 18.2 Å². The largest absolute Gasteiger partial charge is 0.507 e. The summed E-state index contributed by atoms with van der Waals surface area (Å²) in [5.74, 6) is -7.80. The number of nitrogens with zero attached hydrogens (tertiary/aromatic N) is 2. The van der Waals surface area contributed by atoms with Crippen LogP contribution in [0, 0.1) is 23.7 Å². The van der Waals surface area contributed by atoms with Crippen molar-refractivity contribution >= 4 is 52.6 Å². The molecule has 260 valence electrons. The molecule has 4 amide bonds. The summed E-state index contributed by atoms with van der Waals surface area (Å²) in [5.41, 5.74) is 0.506. The van der Waals surface area contributed by atoms with Crippen molar-refractivity contribution in [1.29, 1.82) is 0 Å². The summed E-state index contributed by atoms with van der Waals surface area (Å²) in [6, 6.07) is 9.66. The number of methoxy groups -OCH3 is 2. The van der Waals surface area contributed by atoms with E-state index in [-0.39, 0.29) is 35.7 Å². The van der Waals surface area contributed by atoms with E-state index in [0.29, 0.717) is 33.4 Å². The van der Waals surface area contributed by atoms with Gasteiger partial charge in [-0.3, -0.25) is 29.9 Å². The number of fused-ring (bicyclic) bond motifs is 4. The highest BCUT2D eigenvalue weighted by molar-refractivity contribution is 6.33. The summed E-state index contributed by atoms with van der Waals surface area (Å²) in [4.78, 5) is 59.7. The van der Waals surface area contributed by atoms with E-state index in [4.69, 9.17) is 32.7 Å². The first-order valence-electron chi connectivity index (χ1n) is 15.4. The Morgan fingerprint density at radius 1 is 1.02 bits per heavy atom.